The van der Waals surface area contributed by atoms with Crippen molar-refractivity contribution in [3.63, 3.8) is 0 Å². The van der Waals surface area contributed by atoms with Gasteiger partial charge < -0.3 is 11.1 Å². The number of rotatable bonds is 3. The lowest BCUT2D eigenvalue weighted by atomic mass is 10.1. The first kappa shape index (κ1) is 12.4. The molecule has 3 N–H and O–H groups in total. The van der Waals surface area contributed by atoms with Crippen LogP contribution >= 0.6 is 0 Å². The molecule has 0 spiro atoms. The molecule has 4 heteroatoms. The van der Waals surface area contributed by atoms with Gasteiger partial charge in [0.25, 0.3) is 0 Å². The van der Waals surface area contributed by atoms with E-state index in [1.54, 1.807) is 6.07 Å². The molecule has 1 heterocycles. The van der Waals surface area contributed by atoms with Crippen LogP contribution in [0.3, 0.4) is 0 Å². The Labute approximate surface area is 107 Å². The van der Waals surface area contributed by atoms with E-state index in [1.165, 1.54) is 11.1 Å². The van der Waals surface area contributed by atoms with Crippen LogP contribution in [0.15, 0.2) is 24.3 Å². The molecule has 0 amide bonds. The monoisotopic (exact) mass is 242 g/mol. The number of aryl methyl sites for hydroxylation is 2. The molecule has 0 fully saturated rings. The van der Waals surface area contributed by atoms with Gasteiger partial charge in [-0.3, -0.25) is 0 Å². The van der Waals surface area contributed by atoms with Gasteiger partial charge in [-0.05, 0) is 31.0 Å². The van der Waals surface area contributed by atoms with Crippen molar-refractivity contribution in [2.24, 2.45) is 0 Å². The van der Waals surface area contributed by atoms with Crippen molar-refractivity contribution >= 4 is 17.3 Å². The Morgan fingerprint density at radius 3 is 2.72 bits per heavy atom. The molecule has 0 atom stereocenters. The molecule has 0 aliphatic heterocycles. The number of benzene rings is 1. The Bertz CT molecular complexity index is 564. The average Bonchev–Trinajstić information content (AvgIpc) is 2.34. The topological polar surface area (TPSA) is 63.8 Å². The highest BCUT2D eigenvalue weighted by atomic mass is 15.0. The maximum Gasteiger partial charge on any atom is 0.136 e. The average molecular weight is 242 g/mol. The lowest BCUT2D eigenvalue weighted by Crippen LogP contribution is -2.03. The van der Waals surface area contributed by atoms with Gasteiger partial charge >= 0.3 is 0 Å². The number of hydrogen-bond donors (Lipinski definition) is 2. The van der Waals surface area contributed by atoms with Crippen LogP contribution in [0.5, 0.6) is 0 Å². The summed E-state index contributed by atoms with van der Waals surface area (Å²) >= 11 is 0. The maximum atomic E-state index is 5.77. The number of nitrogens with zero attached hydrogens (tertiary/aromatic N) is 2. The zero-order chi connectivity index (χ0) is 13.1. The summed E-state index contributed by atoms with van der Waals surface area (Å²) in [6, 6.07) is 7.90. The van der Waals surface area contributed by atoms with Crippen molar-refractivity contribution in [3.8, 4) is 0 Å². The van der Waals surface area contributed by atoms with Gasteiger partial charge in [-0.1, -0.05) is 19.1 Å². The largest absolute Gasteiger partial charge is 0.384 e. The molecule has 0 aliphatic carbocycles. The second-order valence-corrected chi connectivity index (χ2v) is 4.32. The van der Waals surface area contributed by atoms with E-state index in [2.05, 4.69) is 35.2 Å². The van der Waals surface area contributed by atoms with Crippen molar-refractivity contribution in [1.82, 2.24) is 9.97 Å². The van der Waals surface area contributed by atoms with Crippen LogP contribution in [-0.2, 0) is 6.42 Å². The van der Waals surface area contributed by atoms with Gasteiger partial charge in [-0.2, -0.15) is 0 Å². The van der Waals surface area contributed by atoms with Gasteiger partial charge in [-0.25, -0.2) is 9.97 Å². The van der Waals surface area contributed by atoms with E-state index < -0.39 is 0 Å². The van der Waals surface area contributed by atoms with E-state index in [-0.39, 0.29) is 0 Å². The fraction of sp³-hybridized carbons (Fsp3) is 0.286. The number of aromatic nitrogens is 2. The Morgan fingerprint density at radius 2 is 2.00 bits per heavy atom. The van der Waals surface area contributed by atoms with Gasteiger partial charge in [-0.15, -0.1) is 0 Å². The number of nitrogen functional groups attached to an aromatic ring is 1. The van der Waals surface area contributed by atoms with Gasteiger partial charge in [0, 0.05) is 18.2 Å². The minimum atomic E-state index is 0.495. The fourth-order valence-corrected chi connectivity index (χ4v) is 1.76. The van der Waals surface area contributed by atoms with Gasteiger partial charge in [0.15, 0.2) is 0 Å². The number of anilines is 3. The van der Waals surface area contributed by atoms with Crippen molar-refractivity contribution in [3.05, 3.63) is 41.2 Å². The van der Waals surface area contributed by atoms with E-state index in [9.17, 15) is 0 Å². The summed E-state index contributed by atoms with van der Waals surface area (Å²) in [5, 5.41) is 3.30. The van der Waals surface area contributed by atoms with Gasteiger partial charge in [0.2, 0.25) is 0 Å². The molecule has 1 aromatic carbocycles. The Balaban J connectivity index is 2.34. The third-order valence-electron chi connectivity index (χ3n) is 2.98. The van der Waals surface area contributed by atoms with Crippen LogP contribution in [-0.4, -0.2) is 9.97 Å². The second kappa shape index (κ2) is 5.04. The van der Waals surface area contributed by atoms with Crippen LogP contribution < -0.4 is 11.1 Å². The standard InChI is InChI=1S/C14H18N4/c1-4-13-17-12(15)8-14(18-13)16-11-7-5-6-9(2)10(11)3/h5-8H,4H2,1-3H3,(H3,15,16,17,18). The normalized spacial score (nSPS) is 10.4. The summed E-state index contributed by atoms with van der Waals surface area (Å²) in [6.45, 7) is 6.19. The van der Waals surface area contributed by atoms with Crippen LogP contribution in [0, 0.1) is 13.8 Å². The molecule has 0 radical (unpaired) electrons. The summed E-state index contributed by atoms with van der Waals surface area (Å²) in [7, 11) is 0. The van der Waals surface area contributed by atoms with Crippen molar-refractivity contribution in [2.75, 3.05) is 11.1 Å². The zero-order valence-corrected chi connectivity index (χ0v) is 11.0. The van der Waals surface area contributed by atoms with E-state index >= 15 is 0 Å². The van der Waals surface area contributed by atoms with Crippen LogP contribution in [0.1, 0.15) is 23.9 Å². The van der Waals surface area contributed by atoms with E-state index in [0.717, 1.165) is 23.8 Å². The molecule has 2 rings (SSSR count). The quantitative estimate of drug-likeness (QED) is 0.868. The highest BCUT2D eigenvalue weighted by molar-refractivity contribution is 5.63. The summed E-state index contributed by atoms with van der Waals surface area (Å²) in [5.41, 5.74) is 9.28. The Hall–Kier alpha value is -2.10. The van der Waals surface area contributed by atoms with Crippen LogP contribution in [0.25, 0.3) is 0 Å². The summed E-state index contributed by atoms with van der Waals surface area (Å²) < 4.78 is 0. The van der Waals surface area contributed by atoms with Crippen molar-refractivity contribution in [2.45, 2.75) is 27.2 Å². The molecule has 2 aromatic rings. The molecule has 94 valence electrons. The van der Waals surface area contributed by atoms with Gasteiger partial charge in [0.05, 0.1) is 0 Å². The van der Waals surface area contributed by atoms with E-state index in [1.807, 2.05) is 19.1 Å². The molecule has 0 saturated heterocycles. The minimum absolute atomic E-state index is 0.495. The predicted octanol–water partition coefficient (Wildman–Crippen LogP) is 2.98. The van der Waals surface area contributed by atoms with E-state index in [4.69, 9.17) is 5.73 Å². The molecule has 0 bridgehead atoms. The molecule has 4 nitrogen and oxygen atoms in total. The third-order valence-corrected chi connectivity index (χ3v) is 2.98. The summed E-state index contributed by atoms with van der Waals surface area (Å²) in [6.07, 6.45) is 0.770. The smallest absolute Gasteiger partial charge is 0.136 e. The predicted molar refractivity (Wildman–Crippen MR) is 75.0 cm³/mol. The molecular weight excluding hydrogens is 224 g/mol. The second-order valence-electron chi connectivity index (χ2n) is 4.32. The maximum absolute atomic E-state index is 5.77. The molecular formula is C14H18N4. The lowest BCUT2D eigenvalue weighted by molar-refractivity contribution is 0.948. The number of nitrogens with one attached hydrogen (secondary N) is 1. The lowest BCUT2D eigenvalue weighted by Gasteiger charge is -2.11. The molecule has 18 heavy (non-hydrogen) atoms. The Morgan fingerprint density at radius 1 is 1.22 bits per heavy atom. The SMILES string of the molecule is CCc1nc(N)cc(Nc2cccc(C)c2C)n1. The Kier molecular flexibility index (Phi) is 3.46. The van der Waals surface area contributed by atoms with Crippen LogP contribution in [0.4, 0.5) is 17.3 Å². The highest BCUT2D eigenvalue weighted by Crippen LogP contribution is 2.22. The van der Waals surface area contributed by atoms with E-state index in [0.29, 0.717) is 5.82 Å². The van der Waals surface area contributed by atoms with Gasteiger partial charge in [0.1, 0.15) is 17.5 Å². The first-order valence-corrected chi connectivity index (χ1v) is 6.07. The van der Waals surface area contributed by atoms with Crippen molar-refractivity contribution < 1.29 is 0 Å². The highest BCUT2D eigenvalue weighted by Gasteiger charge is 2.04. The molecule has 0 unspecified atom stereocenters. The van der Waals surface area contributed by atoms with Crippen molar-refractivity contribution in [1.29, 1.82) is 0 Å². The molecule has 0 aliphatic rings. The summed E-state index contributed by atoms with van der Waals surface area (Å²) in [4.78, 5) is 8.58. The third kappa shape index (κ3) is 2.59. The minimum Gasteiger partial charge on any atom is -0.384 e. The first-order valence-electron chi connectivity index (χ1n) is 6.07. The number of nitrogens with two attached hydrogens (primary N) is 1. The fourth-order valence-electron chi connectivity index (χ4n) is 1.76. The number of hydrogen-bond acceptors (Lipinski definition) is 4. The van der Waals surface area contributed by atoms with Crippen LogP contribution in [0.2, 0.25) is 0 Å². The zero-order valence-electron chi connectivity index (χ0n) is 11.0. The first-order chi connectivity index (χ1) is 8.60. The summed E-state index contributed by atoms with van der Waals surface area (Å²) in [5.74, 6) is 1.99. The molecule has 0 saturated carbocycles. The molecule has 1 aromatic heterocycles.